The van der Waals surface area contributed by atoms with Crippen LogP contribution in [-0.4, -0.2) is 23.6 Å². The molecule has 0 saturated carbocycles. The third-order valence-corrected chi connectivity index (χ3v) is 1.45. The van der Waals surface area contributed by atoms with Gasteiger partial charge in [-0.15, -0.1) is 0 Å². The summed E-state index contributed by atoms with van der Waals surface area (Å²) < 4.78 is 0. The van der Waals surface area contributed by atoms with Crippen molar-refractivity contribution in [3.8, 4) is 11.8 Å². The van der Waals surface area contributed by atoms with Crippen molar-refractivity contribution in [2.75, 3.05) is 6.61 Å². The molecule has 5 heteroatoms. The molecule has 2 N–H and O–H groups in total. The lowest BCUT2D eigenvalue weighted by molar-refractivity contribution is -0.147. The molecule has 0 aliphatic heterocycles. The van der Waals surface area contributed by atoms with Crippen LogP contribution < -0.4 is 5.48 Å². The molecule has 82 valence electrons. The van der Waals surface area contributed by atoms with Crippen LogP contribution in [0.4, 0.5) is 0 Å². The number of hydrogen-bond donors (Lipinski definition) is 2. The third kappa shape index (κ3) is 4.79. The van der Waals surface area contributed by atoms with Crippen molar-refractivity contribution in [3.63, 3.8) is 0 Å². The summed E-state index contributed by atoms with van der Waals surface area (Å²) in [6.07, 6.45) is 0. The number of rotatable bonds is 3. The Bertz CT molecular complexity index is 430. The fourth-order valence-electron chi connectivity index (χ4n) is 0.839. The van der Waals surface area contributed by atoms with Crippen LogP contribution in [0.2, 0.25) is 0 Å². The van der Waals surface area contributed by atoms with Gasteiger partial charge in [0.1, 0.15) is 0 Å². The zero-order valence-electron chi connectivity index (χ0n) is 8.27. The van der Waals surface area contributed by atoms with E-state index in [0.29, 0.717) is 5.56 Å². The first-order chi connectivity index (χ1) is 7.68. The highest BCUT2D eigenvalue weighted by Gasteiger charge is 1.98. The maximum absolute atomic E-state index is 11.0. The molecule has 16 heavy (non-hydrogen) atoms. The van der Waals surface area contributed by atoms with Gasteiger partial charge in [0.25, 0.3) is 0 Å². The van der Waals surface area contributed by atoms with Crippen molar-refractivity contribution in [2.45, 2.75) is 0 Å². The molecule has 0 aliphatic rings. The SMILES string of the molecule is O=C(O)CONC(=O)C#Cc1ccccc1. The van der Waals surface area contributed by atoms with E-state index in [0.717, 1.165) is 0 Å². The van der Waals surface area contributed by atoms with E-state index in [2.05, 4.69) is 16.7 Å². The van der Waals surface area contributed by atoms with E-state index in [9.17, 15) is 9.59 Å². The number of aliphatic carboxylic acids is 1. The predicted molar refractivity (Wildman–Crippen MR) is 55.1 cm³/mol. The Morgan fingerprint density at radius 1 is 1.31 bits per heavy atom. The van der Waals surface area contributed by atoms with Crippen LogP contribution in [-0.2, 0) is 14.4 Å². The maximum Gasteiger partial charge on any atom is 0.332 e. The van der Waals surface area contributed by atoms with Gasteiger partial charge in [-0.25, -0.2) is 10.3 Å². The normalized spacial score (nSPS) is 8.75. The summed E-state index contributed by atoms with van der Waals surface area (Å²) in [5.74, 6) is 2.99. The number of hydrogen-bond acceptors (Lipinski definition) is 3. The molecule has 1 rings (SSSR count). The summed E-state index contributed by atoms with van der Waals surface area (Å²) >= 11 is 0. The first-order valence-electron chi connectivity index (χ1n) is 4.39. The molecule has 0 spiro atoms. The highest BCUT2D eigenvalue weighted by Crippen LogP contribution is 1.94. The molecule has 1 amide bonds. The van der Waals surface area contributed by atoms with Crippen LogP contribution in [0.25, 0.3) is 0 Å². The van der Waals surface area contributed by atoms with Gasteiger partial charge in [0, 0.05) is 11.5 Å². The van der Waals surface area contributed by atoms with E-state index in [1.165, 1.54) is 0 Å². The molecule has 1 aromatic carbocycles. The predicted octanol–water partition coefficient (Wildman–Crippen LogP) is 0.170. The van der Waals surface area contributed by atoms with Crippen molar-refractivity contribution in [2.24, 2.45) is 0 Å². The van der Waals surface area contributed by atoms with E-state index in [1.807, 2.05) is 11.5 Å². The van der Waals surface area contributed by atoms with Gasteiger partial charge in [-0.2, -0.15) is 0 Å². The summed E-state index contributed by atoms with van der Waals surface area (Å²) in [6.45, 7) is -0.598. The monoisotopic (exact) mass is 219 g/mol. The van der Waals surface area contributed by atoms with E-state index in [1.54, 1.807) is 24.3 Å². The molecule has 1 aromatic rings. The van der Waals surface area contributed by atoms with E-state index in [-0.39, 0.29) is 0 Å². The van der Waals surface area contributed by atoms with Crippen LogP contribution in [0.3, 0.4) is 0 Å². The molecule has 0 radical (unpaired) electrons. The minimum absolute atomic E-state index is 0.598. The zero-order chi connectivity index (χ0) is 11.8. The fourth-order valence-corrected chi connectivity index (χ4v) is 0.839. The van der Waals surface area contributed by atoms with Crippen LogP contribution >= 0.6 is 0 Å². The van der Waals surface area contributed by atoms with E-state index < -0.39 is 18.5 Å². The number of carboxylic acid groups (broad SMARTS) is 1. The molecular formula is C11H9NO4. The van der Waals surface area contributed by atoms with Gasteiger partial charge in [-0.05, 0) is 12.1 Å². The summed E-state index contributed by atoms with van der Waals surface area (Å²) in [7, 11) is 0. The quantitative estimate of drug-likeness (QED) is 0.561. The minimum Gasteiger partial charge on any atom is -0.479 e. The lowest BCUT2D eigenvalue weighted by Gasteiger charge is -1.97. The molecule has 0 unspecified atom stereocenters. The van der Waals surface area contributed by atoms with Crippen molar-refractivity contribution < 1.29 is 19.5 Å². The Morgan fingerprint density at radius 3 is 2.62 bits per heavy atom. The van der Waals surface area contributed by atoms with Crippen molar-refractivity contribution in [1.29, 1.82) is 0 Å². The van der Waals surface area contributed by atoms with E-state index in [4.69, 9.17) is 5.11 Å². The lowest BCUT2D eigenvalue weighted by atomic mass is 10.2. The Labute approximate surface area is 92.0 Å². The number of hydroxylamine groups is 1. The van der Waals surface area contributed by atoms with Gasteiger partial charge in [0.2, 0.25) is 0 Å². The molecule has 0 aromatic heterocycles. The van der Waals surface area contributed by atoms with Gasteiger partial charge in [-0.1, -0.05) is 24.1 Å². The lowest BCUT2D eigenvalue weighted by Crippen LogP contribution is -2.25. The van der Waals surface area contributed by atoms with Crippen LogP contribution in [0.5, 0.6) is 0 Å². The minimum atomic E-state index is -1.17. The summed E-state index contributed by atoms with van der Waals surface area (Å²) in [5, 5.41) is 8.22. The second kappa shape index (κ2) is 6.22. The van der Waals surface area contributed by atoms with Crippen molar-refractivity contribution in [3.05, 3.63) is 35.9 Å². The Morgan fingerprint density at radius 2 is 2.00 bits per heavy atom. The number of amides is 1. The molecule has 0 atom stereocenters. The third-order valence-electron chi connectivity index (χ3n) is 1.45. The number of benzene rings is 1. The van der Waals surface area contributed by atoms with Crippen LogP contribution in [0, 0.1) is 11.8 Å². The maximum atomic E-state index is 11.0. The van der Waals surface area contributed by atoms with Crippen LogP contribution in [0.1, 0.15) is 5.56 Å². The summed E-state index contributed by atoms with van der Waals surface area (Å²) in [6, 6.07) is 8.92. The molecular weight excluding hydrogens is 210 g/mol. The Balaban J connectivity index is 2.40. The molecule has 0 heterocycles. The Kier molecular flexibility index (Phi) is 4.57. The molecule has 0 bridgehead atoms. The second-order valence-electron chi connectivity index (χ2n) is 2.73. The second-order valence-corrected chi connectivity index (χ2v) is 2.73. The topological polar surface area (TPSA) is 75.6 Å². The fraction of sp³-hybridized carbons (Fsp3) is 0.0909. The first-order valence-corrected chi connectivity index (χ1v) is 4.39. The molecule has 0 saturated heterocycles. The summed E-state index contributed by atoms with van der Waals surface area (Å²) in [5.41, 5.74) is 2.58. The molecule has 5 nitrogen and oxygen atoms in total. The van der Waals surface area contributed by atoms with Crippen molar-refractivity contribution >= 4 is 11.9 Å². The van der Waals surface area contributed by atoms with Gasteiger partial charge in [0.15, 0.2) is 6.61 Å². The Hall–Kier alpha value is -2.32. The molecule has 0 fully saturated rings. The number of nitrogens with one attached hydrogen (secondary N) is 1. The van der Waals surface area contributed by atoms with Crippen LogP contribution in [0.15, 0.2) is 30.3 Å². The zero-order valence-corrected chi connectivity index (χ0v) is 8.27. The van der Waals surface area contributed by atoms with Gasteiger partial charge in [0.05, 0.1) is 0 Å². The largest absolute Gasteiger partial charge is 0.479 e. The number of carbonyl (C=O) groups is 2. The average Bonchev–Trinajstić information content (AvgIpc) is 2.27. The van der Waals surface area contributed by atoms with Gasteiger partial charge < -0.3 is 5.11 Å². The summed E-state index contributed by atoms with van der Waals surface area (Å²) in [4.78, 5) is 25.4. The van der Waals surface area contributed by atoms with E-state index >= 15 is 0 Å². The number of carboxylic acids is 1. The smallest absolute Gasteiger partial charge is 0.332 e. The highest BCUT2D eigenvalue weighted by atomic mass is 16.7. The van der Waals surface area contributed by atoms with Gasteiger partial charge >= 0.3 is 11.9 Å². The first kappa shape index (κ1) is 11.8. The highest BCUT2D eigenvalue weighted by molar-refractivity contribution is 5.93. The van der Waals surface area contributed by atoms with Crippen molar-refractivity contribution in [1.82, 2.24) is 5.48 Å². The standard InChI is InChI=1S/C11H9NO4/c13-10(12-16-8-11(14)15)7-6-9-4-2-1-3-5-9/h1-5H,8H2,(H,12,13)(H,14,15). The van der Waals surface area contributed by atoms with Gasteiger partial charge in [-0.3, -0.25) is 9.63 Å². The average molecular weight is 219 g/mol. The molecule has 0 aliphatic carbocycles. The number of carbonyl (C=O) groups excluding carboxylic acids is 1.